The normalized spacial score (nSPS) is 10.5. The molecule has 0 spiro atoms. The summed E-state index contributed by atoms with van der Waals surface area (Å²) in [5, 5.41) is 6.78. The highest BCUT2D eigenvalue weighted by molar-refractivity contribution is 6.39. The summed E-state index contributed by atoms with van der Waals surface area (Å²) < 4.78 is 10.6. The first-order valence-corrected chi connectivity index (χ1v) is 9.84. The number of aromatic nitrogens is 1. The number of halogens is 2. The quantitative estimate of drug-likeness (QED) is 0.396. The van der Waals surface area contributed by atoms with E-state index in [0.717, 1.165) is 0 Å². The average Bonchev–Trinajstić information content (AvgIpc) is 2.72. The summed E-state index contributed by atoms with van der Waals surface area (Å²) >= 11 is 12.4. The summed E-state index contributed by atoms with van der Waals surface area (Å²) in [7, 11) is 1.27. The number of hydrogen-bond acceptors (Lipinski definition) is 5. The number of anilines is 1. The number of esters is 1. The van der Waals surface area contributed by atoms with Crippen molar-refractivity contribution in [3.05, 3.63) is 64.3 Å². The van der Waals surface area contributed by atoms with Crippen molar-refractivity contribution in [2.24, 2.45) is 0 Å². The molecule has 156 valence electrons. The lowest BCUT2D eigenvalue weighted by molar-refractivity contribution is 0.0594. The summed E-state index contributed by atoms with van der Waals surface area (Å²) in [6, 6.07) is 13.5. The van der Waals surface area contributed by atoms with Gasteiger partial charge in [0.2, 0.25) is 0 Å². The van der Waals surface area contributed by atoms with Crippen LogP contribution in [0.25, 0.3) is 10.9 Å². The van der Waals surface area contributed by atoms with Gasteiger partial charge < -0.3 is 20.1 Å². The van der Waals surface area contributed by atoms with Crippen LogP contribution in [0.5, 0.6) is 5.75 Å². The van der Waals surface area contributed by atoms with Crippen molar-refractivity contribution in [3.63, 3.8) is 0 Å². The van der Waals surface area contributed by atoms with Crippen LogP contribution in [0.3, 0.4) is 0 Å². The lowest BCUT2D eigenvalue weighted by atomic mass is 10.1. The number of para-hydroxylation sites is 1. The Morgan fingerprint density at radius 1 is 1.10 bits per heavy atom. The summed E-state index contributed by atoms with van der Waals surface area (Å²) in [6.45, 7) is 0.676. The molecular weight excluding hydrogens is 429 g/mol. The summed E-state index contributed by atoms with van der Waals surface area (Å²) in [5.41, 5.74) is 1.21. The van der Waals surface area contributed by atoms with E-state index in [1.54, 1.807) is 24.3 Å². The van der Waals surface area contributed by atoms with Crippen molar-refractivity contribution >= 4 is 51.8 Å². The number of carbonyl (C=O) groups excluding carboxylic acids is 2. The number of rotatable bonds is 7. The monoisotopic (exact) mass is 447 g/mol. The highest BCUT2D eigenvalue weighted by Gasteiger charge is 2.16. The van der Waals surface area contributed by atoms with Crippen molar-refractivity contribution < 1.29 is 19.1 Å². The molecule has 2 N–H and O–H groups in total. The van der Waals surface area contributed by atoms with Crippen LogP contribution in [0.15, 0.2) is 48.5 Å². The SMILES string of the molecule is COC(=O)c1cc(OCCCNC(=O)Nc2ccccc2)c2c(Cl)cc(Cl)cc2n1. The second kappa shape index (κ2) is 10.1. The Hall–Kier alpha value is -3.03. The van der Waals surface area contributed by atoms with Crippen molar-refractivity contribution in [1.29, 1.82) is 0 Å². The molecule has 0 fully saturated rings. The first-order valence-electron chi connectivity index (χ1n) is 9.08. The van der Waals surface area contributed by atoms with Crippen molar-refractivity contribution in [1.82, 2.24) is 10.3 Å². The fourth-order valence-electron chi connectivity index (χ4n) is 2.73. The molecule has 0 aliphatic heterocycles. The predicted octanol–water partition coefficient (Wildman–Crippen LogP) is 4.92. The zero-order valence-electron chi connectivity index (χ0n) is 16.1. The van der Waals surface area contributed by atoms with Crippen LogP contribution in [0.2, 0.25) is 10.0 Å². The van der Waals surface area contributed by atoms with E-state index >= 15 is 0 Å². The Kier molecular flexibility index (Phi) is 7.32. The molecule has 9 heteroatoms. The maximum Gasteiger partial charge on any atom is 0.356 e. The maximum atomic E-state index is 11.9. The second-order valence-corrected chi connectivity index (χ2v) is 7.07. The zero-order chi connectivity index (χ0) is 21.5. The van der Waals surface area contributed by atoms with Gasteiger partial charge in [-0.3, -0.25) is 0 Å². The van der Waals surface area contributed by atoms with E-state index in [-0.39, 0.29) is 18.3 Å². The van der Waals surface area contributed by atoms with Gasteiger partial charge in [0.1, 0.15) is 5.75 Å². The number of methoxy groups -OCH3 is 1. The fourth-order valence-corrected chi connectivity index (χ4v) is 3.30. The average molecular weight is 448 g/mol. The molecule has 0 saturated heterocycles. The number of nitrogens with one attached hydrogen (secondary N) is 2. The van der Waals surface area contributed by atoms with E-state index in [1.165, 1.54) is 13.2 Å². The Bertz CT molecular complexity index is 1060. The van der Waals surface area contributed by atoms with E-state index in [0.29, 0.717) is 45.4 Å². The Morgan fingerprint density at radius 3 is 2.60 bits per heavy atom. The molecule has 0 saturated carbocycles. The van der Waals surface area contributed by atoms with E-state index in [2.05, 4.69) is 15.6 Å². The number of hydrogen-bond donors (Lipinski definition) is 2. The lowest BCUT2D eigenvalue weighted by Crippen LogP contribution is -2.30. The van der Waals surface area contributed by atoms with Crippen molar-refractivity contribution in [2.45, 2.75) is 6.42 Å². The van der Waals surface area contributed by atoms with Crippen LogP contribution < -0.4 is 15.4 Å². The van der Waals surface area contributed by atoms with Crippen molar-refractivity contribution in [2.75, 3.05) is 25.6 Å². The topological polar surface area (TPSA) is 89.5 Å². The van der Waals surface area contributed by atoms with E-state index in [4.69, 9.17) is 32.7 Å². The summed E-state index contributed by atoms with van der Waals surface area (Å²) in [6.07, 6.45) is 0.533. The molecule has 0 unspecified atom stereocenters. The van der Waals surface area contributed by atoms with E-state index < -0.39 is 5.97 Å². The molecule has 0 radical (unpaired) electrons. The first-order chi connectivity index (χ1) is 14.5. The zero-order valence-corrected chi connectivity index (χ0v) is 17.6. The predicted molar refractivity (Wildman–Crippen MR) is 117 cm³/mol. The Morgan fingerprint density at radius 2 is 1.87 bits per heavy atom. The lowest BCUT2D eigenvalue weighted by Gasteiger charge is -2.13. The molecule has 30 heavy (non-hydrogen) atoms. The molecule has 3 rings (SSSR count). The third-order valence-corrected chi connectivity index (χ3v) is 4.60. The minimum atomic E-state index is -0.600. The van der Waals surface area contributed by atoms with Crippen LogP contribution in [0, 0.1) is 0 Å². The third-order valence-electron chi connectivity index (χ3n) is 4.08. The van der Waals surface area contributed by atoms with Gasteiger partial charge in [0.25, 0.3) is 0 Å². The minimum Gasteiger partial charge on any atom is -0.493 e. The van der Waals surface area contributed by atoms with Crippen LogP contribution in [0.1, 0.15) is 16.9 Å². The standard InChI is InChI=1S/C21H19Cl2N3O4/c1-29-20(27)17-12-18(19-15(23)10-13(22)11-16(19)26-17)30-9-5-8-24-21(28)25-14-6-3-2-4-7-14/h2-4,6-7,10-12H,5,8-9H2,1H3,(H2,24,25,28). The maximum absolute atomic E-state index is 11.9. The minimum absolute atomic E-state index is 0.0821. The number of fused-ring (bicyclic) bond motifs is 1. The van der Waals surface area contributed by atoms with E-state index in [1.807, 2.05) is 18.2 Å². The molecule has 7 nitrogen and oxygen atoms in total. The first kappa shape index (κ1) is 21.7. The van der Waals surface area contributed by atoms with Crippen molar-refractivity contribution in [3.8, 4) is 5.75 Å². The molecule has 0 aliphatic carbocycles. The molecule has 3 aromatic rings. The molecule has 1 aromatic heterocycles. The number of carbonyl (C=O) groups is 2. The van der Waals surface area contributed by atoms with Crippen LogP contribution in [0.4, 0.5) is 10.5 Å². The fraction of sp³-hybridized carbons (Fsp3) is 0.190. The largest absolute Gasteiger partial charge is 0.493 e. The number of nitrogens with zero attached hydrogens (tertiary/aromatic N) is 1. The summed E-state index contributed by atoms with van der Waals surface area (Å²) in [5.74, 6) is -0.215. The Balaban J connectivity index is 1.62. The molecule has 0 aliphatic rings. The second-order valence-electron chi connectivity index (χ2n) is 6.23. The number of ether oxygens (including phenoxy) is 2. The van der Waals surface area contributed by atoms with Gasteiger partial charge in [0.05, 0.1) is 29.6 Å². The van der Waals surface area contributed by atoms with Gasteiger partial charge in [-0.2, -0.15) is 0 Å². The van der Waals surface area contributed by atoms with Gasteiger partial charge in [0, 0.05) is 23.3 Å². The van der Waals surface area contributed by atoms with E-state index in [9.17, 15) is 9.59 Å². The molecule has 2 amide bonds. The van der Waals surface area contributed by atoms with Crippen LogP contribution in [-0.2, 0) is 4.74 Å². The van der Waals surface area contributed by atoms with Crippen LogP contribution in [-0.4, -0.2) is 37.2 Å². The summed E-state index contributed by atoms with van der Waals surface area (Å²) in [4.78, 5) is 28.1. The smallest absolute Gasteiger partial charge is 0.356 e. The number of pyridine rings is 1. The van der Waals surface area contributed by atoms with Gasteiger partial charge in [0.15, 0.2) is 5.69 Å². The third kappa shape index (κ3) is 5.52. The molecular formula is C21H19Cl2N3O4. The van der Waals surface area contributed by atoms with Gasteiger partial charge in [-0.1, -0.05) is 41.4 Å². The Labute approximate surface area is 183 Å². The van der Waals surface area contributed by atoms with Crippen LogP contribution >= 0.6 is 23.2 Å². The number of urea groups is 1. The number of amides is 2. The number of benzene rings is 2. The van der Waals surface area contributed by atoms with Gasteiger partial charge >= 0.3 is 12.0 Å². The molecule has 2 aromatic carbocycles. The van der Waals surface area contributed by atoms with Gasteiger partial charge in [-0.15, -0.1) is 0 Å². The molecule has 0 bridgehead atoms. The molecule has 0 atom stereocenters. The highest BCUT2D eigenvalue weighted by atomic mass is 35.5. The van der Waals surface area contributed by atoms with Gasteiger partial charge in [-0.25, -0.2) is 14.6 Å². The van der Waals surface area contributed by atoms with Gasteiger partial charge in [-0.05, 0) is 30.7 Å². The highest BCUT2D eigenvalue weighted by Crippen LogP contribution is 2.34. The molecule has 1 heterocycles.